The van der Waals surface area contributed by atoms with Crippen molar-refractivity contribution in [3.05, 3.63) is 24.8 Å². The van der Waals surface area contributed by atoms with Crippen LogP contribution in [0.3, 0.4) is 0 Å². The van der Waals surface area contributed by atoms with Gasteiger partial charge in [-0.3, -0.25) is 4.79 Å². The highest BCUT2D eigenvalue weighted by Crippen LogP contribution is 2.01. The Balaban J connectivity index is 3.37. The standard InChI is InChI=1S/C8H13NO2S/c1-2-3-4-5-12-6-7(9)8(10)11/h2-4,7H,1,5-6,9H2,(H,10,11)/t7-/m0/s1. The predicted molar refractivity (Wildman–Crippen MR) is 52.3 cm³/mol. The van der Waals surface area contributed by atoms with Gasteiger partial charge >= 0.3 is 5.97 Å². The minimum atomic E-state index is -0.949. The maximum atomic E-state index is 10.2. The fraction of sp³-hybridized carbons (Fsp3) is 0.375. The molecule has 0 heterocycles. The van der Waals surface area contributed by atoms with Crippen LogP contribution < -0.4 is 5.73 Å². The first-order valence-corrected chi connectivity index (χ1v) is 4.67. The van der Waals surface area contributed by atoms with Crippen molar-refractivity contribution in [1.29, 1.82) is 0 Å². The Labute approximate surface area is 76.3 Å². The van der Waals surface area contributed by atoms with E-state index in [1.807, 2.05) is 12.2 Å². The van der Waals surface area contributed by atoms with Gasteiger partial charge in [0.25, 0.3) is 0 Å². The molecule has 0 rings (SSSR count). The van der Waals surface area contributed by atoms with E-state index >= 15 is 0 Å². The zero-order valence-corrected chi connectivity index (χ0v) is 7.59. The lowest BCUT2D eigenvalue weighted by atomic mass is 10.4. The summed E-state index contributed by atoms with van der Waals surface area (Å²) < 4.78 is 0. The zero-order chi connectivity index (χ0) is 9.40. The molecule has 0 aromatic rings. The third-order valence-corrected chi connectivity index (χ3v) is 2.12. The second-order valence-electron chi connectivity index (χ2n) is 2.15. The van der Waals surface area contributed by atoms with E-state index in [0.29, 0.717) is 5.75 Å². The van der Waals surface area contributed by atoms with Crippen molar-refractivity contribution < 1.29 is 9.90 Å². The molecule has 0 amide bonds. The Kier molecular flexibility index (Phi) is 6.51. The number of hydrogen-bond acceptors (Lipinski definition) is 3. The molecule has 3 nitrogen and oxygen atoms in total. The van der Waals surface area contributed by atoms with E-state index in [4.69, 9.17) is 10.8 Å². The van der Waals surface area contributed by atoms with Crippen molar-refractivity contribution in [2.45, 2.75) is 6.04 Å². The monoisotopic (exact) mass is 187 g/mol. The van der Waals surface area contributed by atoms with Crippen LogP contribution in [0.25, 0.3) is 0 Å². The summed E-state index contributed by atoms with van der Waals surface area (Å²) in [6, 6.07) is -0.757. The molecule has 4 heteroatoms. The Hall–Kier alpha value is -0.740. The Morgan fingerprint density at radius 1 is 1.75 bits per heavy atom. The highest BCUT2D eigenvalue weighted by molar-refractivity contribution is 7.99. The summed E-state index contributed by atoms with van der Waals surface area (Å²) in [5.74, 6) is 0.263. The van der Waals surface area contributed by atoms with Crippen molar-refractivity contribution in [3.8, 4) is 0 Å². The van der Waals surface area contributed by atoms with Gasteiger partial charge in [-0.2, -0.15) is 11.8 Å². The van der Waals surface area contributed by atoms with E-state index in [0.717, 1.165) is 5.75 Å². The second-order valence-corrected chi connectivity index (χ2v) is 3.22. The fourth-order valence-corrected chi connectivity index (χ4v) is 1.27. The molecule has 0 aliphatic heterocycles. The molecule has 0 unspecified atom stereocenters. The summed E-state index contributed by atoms with van der Waals surface area (Å²) in [7, 11) is 0. The van der Waals surface area contributed by atoms with Crippen LogP contribution >= 0.6 is 11.8 Å². The number of hydrogen-bond donors (Lipinski definition) is 2. The molecule has 0 fully saturated rings. The van der Waals surface area contributed by atoms with Crippen LogP contribution in [0.4, 0.5) is 0 Å². The molecular formula is C8H13NO2S. The van der Waals surface area contributed by atoms with Crippen molar-refractivity contribution in [2.75, 3.05) is 11.5 Å². The molecule has 0 bridgehead atoms. The maximum absolute atomic E-state index is 10.2. The van der Waals surface area contributed by atoms with Gasteiger partial charge in [0.15, 0.2) is 0 Å². The SMILES string of the molecule is C=CC=CCSC[C@H](N)C(=O)O. The summed E-state index contributed by atoms with van der Waals surface area (Å²) in [5, 5.41) is 8.41. The van der Waals surface area contributed by atoms with E-state index in [1.165, 1.54) is 11.8 Å². The van der Waals surface area contributed by atoms with Gasteiger partial charge in [0.05, 0.1) is 0 Å². The number of allylic oxidation sites excluding steroid dienone is 2. The Morgan fingerprint density at radius 2 is 2.42 bits per heavy atom. The maximum Gasteiger partial charge on any atom is 0.321 e. The van der Waals surface area contributed by atoms with Crippen LogP contribution in [0.2, 0.25) is 0 Å². The molecule has 3 N–H and O–H groups in total. The molecule has 0 aromatic carbocycles. The summed E-state index contributed by atoms with van der Waals surface area (Å²) >= 11 is 1.49. The highest BCUT2D eigenvalue weighted by Gasteiger charge is 2.09. The number of thioether (sulfide) groups is 1. The van der Waals surface area contributed by atoms with Gasteiger partial charge in [0.1, 0.15) is 6.04 Å². The van der Waals surface area contributed by atoms with Crippen LogP contribution in [-0.4, -0.2) is 28.6 Å². The average molecular weight is 187 g/mol. The molecule has 1 atom stereocenters. The largest absolute Gasteiger partial charge is 0.480 e. The van der Waals surface area contributed by atoms with Gasteiger partial charge in [0.2, 0.25) is 0 Å². The minimum Gasteiger partial charge on any atom is -0.480 e. The predicted octanol–water partition coefficient (Wildman–Crippen LogP) is 0.874. The van der Waals surface area contributed by atoms with Crippen molar-refractivity contribution >= 4 is 17.7 Å². The molecule has 12 heavy (non-hydrogen) atoms. The van der Waals surface area contributed by atoms with Gasteiger partial charge in [-0.1, -0.05) is 24.8 Å². The zero-order valence-electron chi connectivity index (χ0n) is 6.77. The number of carboxylic acids is 1. The van der Waals surface area contributed by atoms with Crippen LogP contribution in [0.5, 0.6) is 0 Å². The number of aliphatic carboxylic acids is 1. The number of carbonyl (C=O) groups is 1. The fourth-order valence-electron chi connectivity index (χ4n) is 0.486. The van der Waals surface area contributed by atoms with E-state index < -0.39 is 12.0 Å². The smallest absolute Gasteiger partial charge is 0.321 e. The molecule has 0 aliphatic rings. The lowest BCUT2D eigenvalue weighted by Crippen LogP contribution is -2.32. The van der Waals surface area contributed by atoms with Gasteiger partial charge < -0.3 is 10.8 Å². The lowest BCUT2D eigenvalue weighted by Gasteiger charge is -2.02. The first-order chi connectivity index (χ1) is 5.68. The lowest BCUT2D eigenvalue weighted by molar-refractivity contribution is -0.137. The van der Waals surface area contributed by atoms with Gasteiger partial charge in [-0.05, 0) is 0 Å². The third-order valence-electron chi connectivity index (χ3n) is 1.10. The Morgan fingerprint density at radius 3 is 2.92 bits per heavy atom. The summed E-state index contributed by atoms with van der Waals surface area (Å²) in [6.07, 6.45) is 5.41. The second kappa shape index (κ2) is 6.94. The highest BCUT2D eigenvalue weighted by atomic mass is 32.2. The van der Waals surface area contributed by atoms with Crippen LogP contribution in [0, 0.1) is 0 Å². The van der Waals surface area contributed by atoms with Crippen molar-refractivity contribution in [2.24, 2.45) is 5.73 Å². The van der Waals surface area contributed by atoms with Crippen molar-refractivity contribution in [3.63, 3.8) is 0 Å². The van der Waals surface area contributed by atoms with E-state index in [1.54, 1.807) is 6.08 Å². The summed E-state index contributed by atoms with van der Waals surface area (Å²) in [4.78, 5) is 10.2. The van der Waals surface area contributed by atoms with Crippen LogP contribution in [-0.2, 0) is 4.79 Å². The van der Waals surface area contributed by atoms with Crippen LogP contribution in [0.1, 0.15) is 0 Å². The third kappa shape index (κ3) is 6.00. The molecule has 0 spiro atoms. The molecule has 68 valence electrons. The molecule has 0 saturated heterocycles. The van der Waals surface area contributed by atoms with Gasteiger partial charge in [-0.15, -0.1) is 0 Å². The van der Waals surface area contributed by atoms with E-state index in [-0.39, 0.29) is 0 Å². The Bertz CT molecular complexity index is 180. The molecular weight excluding hydrogens is 174 g/mol. The average Bonchev–Trinajstić information content (AvgIpc) is 2.03. The normalized spacial score (nSPS) is 13.1. The molecule has 0 radical (unpaired) electrons. The topological polar surface area (TPSA) is 63.3 Å². The van der Waals surface area contributed by atoms with Gasteiger partial charge in [-0.25, -0.2) is 0 Å². The minimum absolute atomic E-state index is 0.441. The molecule has 0 saturated carbocycles. The van der Waals surface area contributed by atoms with Gasteiger partial charge in [0, 0.05) is 11.5 Å². The molecule has 0 aromatic heterocycles. The van der Waals surface area contributed by atoms with Crippen LogP contribution in [0.15, 0.2) is 24.8 Å². The first-order valence-electron chi connectivity index (χ1n) is 3.52. The summed E-state index contributed by atoms with van der Waals surface area (Å²) in [5.41, 5.74) is 5.27. The first kappa shape index (κ1) is 11.3. The number of rotatable bonds is 6. The van der Waals surface area contributed by atoms with Crippen molar-refractivity contribution in [1.82, 2.24) is 0 Å². The summed E-state index contributed by atoms with van der Waals surface area (Å²) in [6.45, 7) is 3.51. The van der Waals surface area contributed by atoms with E-state index in [2.05, 4.69) is 6.58 Å². The quantitative estimate of drug-likeness (QED) is 0.478. The van der Waals surface area contributed by atoms with E-state index in [9.17, 15) is 4.79 Å². The molecule has 0 aliphatic carbocycles. The number of nitrogens with two attached hydrogens (primary N) is 1. The number of carboxylic acid groups (broad SMARTS) is 1.